The third kappa shape index (κ3) is 4.96. The fourth-order valence-electron chi connectivity index (χ4n) is 4.60. The van der Waals surface area contributed by atoms with E-state index in [0.29, 0.717) is 0 Å². The van der Waals surface area contributed by atoms with Crippen LogP contribution in [0.25, 0.3) is 33.5 Å². The number of rotatable bonds is 7. The van der Waals surface area contributed by atoms with Crippen molar-refractivity contribution in [3.8, 4) is 22.6 Å². The first-order valence-electron chi connectivity index (χ1n) is 12.1. The van der Waals surface area contributed by atoms with Crippen molar-refractivity contribution in [3.05, 3.63) is 95.0 Å². The molecule has 3 aromatic carbocycles. The van der Waals surface area contributed by atoms with E-state index < -0.39 is 0 Å². The van der Waals surface area contributed by atoms with Crippen LogP contribution in [0.2, 0.25) is 0 Å². The van der Waals surface area contributed by atoms with E-state index in [2.05, 4.69) is 86.3 Å². The lowest BCUT2D eigenvalue weighted by Crippen LogP contribution is -2.16. The van der Waals surface area contributed by atoms with Crippen LogP contribution in [-0.4, -0.2) is 32.5 Å². The van der Waals surface area contributed by atoms with E-state index >= 15 is 0 Å². The Bertz CT molecular complexity index is 1480. The van der Waals surface area contributed by atoms with E-state index in [-0.39, 0.29) is 6.10 Å². The molecule has 1 aliphatic heterocycles. The van der Waals surface area contributed by atoms with Crippen molar-refractivity contribution in [2.45, 2.75) is 36.4 Å². The highest BCUT2D eigenvalue weighted by atomic mass is 79.9. The molecule has 1 saturated heterocycles. The zero-order chi connectivity index (χ0) is 24.3. The summed E-state index contributed by atoms with van der Waals surface area (Å²) in [5.74, 6) is 1.68. The maximum atomic E-state index is 6.03. The molecule has 1 aliphatic rings. The number of hydrogen-bond donors (Lipinski definition) is 0. The lowest BCUT2D eigenvalue weighted by atomic mass is 10.0. The minimum absolute atomic E-state index is 0.175. The summed E-state index contributed by atoms with van der Waals surface area (Å²) in [6, 6.07) is 29.2. The van der Waals surface area contributed by atoms with E-state index in [4.69, 9.17) is 14.8 Å². The molecule has 0 amide bonds. The lowest BCUT2D eigenvalue weighted by Gasteiger charge is -2.16. The Morgan fingerprint density at radius 3 is 2.56 bits per heavy atom. The molecule has 0 aliphatic carbocycles. The first-order chi connectivity index (χ1) is 17.7. The molecule has 180 valence electrons. The summed E-state index contributed by atoms with van der Waals surface area (Å²) >= 11 is 5.23. The van der Waals surface area contributed by atoms with Gasteiger partial charge < -0.3 is 4.74 Å². The third-order valence-corrected chi connectivity index (χ3v) is 8.00. The van der Waals surface area contributed by atoms with Crippen LogP contribution in [0.3, 0.4) is 0 Å². The first kappa shape index (κ1) is 23.4. The summed E-state index contributed by atoms with van der Waals surface area (Å²) in [4.78, 5) is 4.96. The Balaban J connectivity index is 1.44. The summed E-state index contributed by atoms with van der Waals surface area (Å²) in [6.45, 7) is 1.56. The Morgan fingerprint density at radius 1 is 0.944 bits per heavy atom. The second kappa shape index (κ2) is 10.5. The molecule has 1 unspecified atom stereocenters. The molecule has 1 atom stereocenters. The summed E-state index contributed by atoms with van der Waals surface area (Å²) in [5.41, 5.74) is 5.25. The number of aromatic nitrogens is 4. The zero-order valence-electron chi connectivity index (χ0n) is 19.7. The molecule has 6 rings (SSSR count). The average molecular weight is 558 g/mol. The number of pyridine rings is 1. The van der Waals surface area contributed by atoms with Crippen molar-refractivity contribution in [2.24, 2.45) is 0 Å². The van der Waals surface area contributed by atoms with Gasteiger partial charge >= 0.3 is 0 Å². The number of benzene rings is 3. The van der Waals surface area contributed by atoms with Gasteiger partial charge in [-0.05, 0) is 42.7 Å². The molecule has 0 radical (unpaired) electrons. The van der Waals surface area contributed by atoms with E-state index in [0.717, 1.165) is 74.9 Å². The molecule has 3 heterocycles. The van der Waals surface area contributed by atoms with E-state index in [9.17, 15) is 0 Å². The predicted molar refractivity (Wildman–Crippen MR) is 149 cm³/mol. The predicted octanol–water partition coefficient (Wildman–Crippen LogP) is 7.39. The summed E-state index contributed by atoms with van der Waals surface area (Å²) < 4.78 is 9.35. The maximum absolute atomic E-state index is 6.03. The minimum atomic E-state index is 0.175. The molecule has 0 bridgehead atoms. The van der Waals surface area contributed by atoms with Gasteiger partial charge in [-0.15, -0.1) is 10.2 Å². The largest absolute Gasteiger partial charge is 0.376 e. The van der Waals surface area contributed by atoms with Gasteiger partial charge in [-0.25, -0.2) is 4.98 Å². The fourth-order valence-corrected chi connectivity index (χ4v) is 5.76. The third-order valence-electron chi connectivity index (χ3n) is 6.43. The highest BCUT2D eigenvalue weighted by Crippen LogP contribution is 2.34. The molecule has 2 aromatic heterocycles. The average Bonchev–Trinajstić information content (AvgIpc) is 3.59. The van der Waals surface area contributed by atoms with Crippen molar-refractivity contribution in [1.82, 2.24) is 19.7 Å². The van der Waals surface area contributed by atoms with Gasteiger partial charge in [-0.2, -0.15) is 0 Å². The molecule has 7 heteroatoms. The first-order valence-corrected chi connectivity index (χ1v) is 13.9. The number of thioether (sulfide) groups is 1. The zero-order valence-corrected chi connectivity index (χ0v) is 22.1. The highest BCUT2D eigenvalue weighted by molar-refractivity contribution is 9.10. The van der Waals surface area contributed by atoms with Crippen LogP contribution in [0, 0.1) is 0 Å². The molecular formula is C29H25BrN4OS. The molecular weight excluding hydrogens is 532 g/mol. The van der Waals surface area contributed by atoms with Gasteiger partial charge in [0, 0.05) is 33.3 Å². The minimum Gasteiger partial charge on any atom is -0.376 e. The quantitative estimate of drug-likeness (QED) is 0.195. The van der Waals surface area contributed by atoms with Gasteiger partial charge in [0.05, 0.1) is 23.9 Å². The number of nitrogens with zero attached hydrogens (tertiary/aromatic N) is 4. The van der Waals surface area contributed by atoms with Gasteiger partial charge in [0.15, 0.2) is 11.0 Å². The van der Waals surface area contributed by atoms with Crippen molar-refractivity contribution < 1.29 is 4.74 Å². The van der Waals surface area contributed by atoms with Gasteiger partial charge in [0.25, 0.3) is 0 Å². The maximum Gasteiger partial charge on any atom is 0.191 e. The van der Waals surface area contributed by atoms with Crippen LogP contribution in [0.4, 0.5) is 0 Å². The molecule has 5 nitrogen and oxygen atoms in total. The standard InChI is InChI=1S/C29H25BrN4OS/c30-22-14-12-20(13-15-22)19-36-29-33-32-28(34(29)18-23-9-6-16-35-23)25-17-27(21-7-2-1-3-8-21)31-26-11-5-4-10-24(25)26/h1-5,7-8,10-15,17,23H,6,9,16,18-19H2. The van der Waals surface area contributed by atoms with E-state index in [1.54, 1.807) is 11.8 Å². The second-order valence-corrected chi connectivity index (χ2v) is 10.8. The Labute approximate surface area is 223 Å². The molecule has 0 N–H and O–H groups in total. The summed E-state index contributed by atoms with van der Waals surface area (Å²) in [6.07, 6.45) is 2.33. The van der Waals surface area contributed by atoms with Crippen LogP contribution in [-0.2, 0) is 17.0 Å². The monoisotopic (exact) mass is 556 g/mol. The molecule has 36 heavy (non-hydrogen) atoms. The Morgan fingerprint density at radius 2 is 1.75 bits per heavy atom. The number of para-hydroxylation sites is 1. The molecule has 0 spiro atoms. The summed E-state index contributed by atoms with van der Waals surface area (Å²) in [7, 11) is 0. The van der Waals surface area contributed by atoms with Crippen LogP contribution < -0.4 is 0 Å². The van der Waals surface area contributed by atoms with E-state index in [1.807, 2.05) is 24.3 Å². The topological polar surface area (TPSA) is 52.8 Å². The van der Waals surface area contributed by atoms with Crippen molar-refractivity contribution in [2.75, 3.05) is 6.61 Å². The van der Waals surface area contributed by atoms with Crippen molar-refractivity contribution in [3.63, 3.8) is 0 Å². The van der Waals surface area contributed by atoms with Crippen LogP contribution in [0.5, 0.6) is 0 Å². The van der Waals surface area contributed by atoms with Crippen LogP contribution in [0.15, 0.2) is 94.6 Å². The highest BCUT2D eigenvalue weighted by Gasteiger charge is 2.23. The van der Waals surface area contributed by atoms with Gasteiger partial charge in [0.2, 0.25) is 0 Å². The molecule has 5 aromatic rings. The molecule has 1 fully saturated rings. The van der Waals surface area contributed by atoms with Gasteiger partial charge in [0.1, 0.15) is 0 Å². The van der Waals surface area contributed by atoms with Crippen molar-refractivity contribution in [1.29, 1.82) is 0 Å². The summed E-state index contributed by atoms with van der Waals surface area (Å²) in [5, 5.41) is 11.4. The normalized spacial score (nSPS) is 15.5. The Kier molecular flexibility index (Phi) is 6.86. The molecule has 0 saturated carbocycles. The van der Waals surface area contributed by atoms with Crippen LogP contribution in [0.1, 0.15) is 18.4 Å². The van der Waals surface area contributed by atoms with Crippen molar-refractivity contribution >= 4 is 38.6 Å². The fraction of sp³-hybridized carbons (Fsp3) is 0.207. The smallest absolute Gasteiger partial charge is 0.191 e. The number of halogens is 1. The van der Waals surface area contributed by atoms with Crippen LogP contribution >= 0.6 is 27.7 Å². The van der Waals surface area contributed by atoms with Gasteiger partial charge in [-0.1, -0.05) is 88.4 Å². The van der Waals surface area contributed by atoms with E-state index in [1.165, 1.54) is 5.56 Å². The number of fused-ring (bicyclic) bond motifs is 1. The number of ether oxygens (including phenoxy) is 1. The second-order valence-electron chi connectivity index (χ2n) is 8.91. The Hall–Kier alpha value is -3.00. The lowest BCUT2D eigenvalue weighted by molar-refractivity contribution is 0.0953. The number of hydrogen-bond acceptors (Lipinski definition) is 5. The van der Waals surface area contributed by atoms with Gasteiger partial charge in [-0.3, -0.25) is 4.57 Å². The SMILES string of the molecule is Brc1ccc(CSc2nnc(-c3cc(-c4ccccc4)nc4ccccc34)n2CC2CCCO2)cc1.